The molecule has 2 aromatic carbocycles. The molecule has 0 spiro atoms. The van der Waals surface area contributed by atoms with Gasteiger partial charge in [0, 0.05) is 24.6 Å². The SMILES string of the molecule is CC(C)(C)c1cc(NC(=O)N(Cc2ccccc2)Cc2ccccc2)no1. The maximum atomic E-state index is 12.9. The summed E-state index contributed by atoms with van der Waals surface area (Å²) in [5.41, 5.74) is 1.97. The Bertz CT molecular complexity index is 826. The lowest BCUT2D eigenvalue weighted by atomic mass is 9.93. The summed E-state index contributed by atoms with van der Waals surface area (Å²) in [6, 6.07) is 21.4. The normalized spacial score (nSPS) is 11.2. The average Bonchev–Trinajstić information content (AvgIpc) is 3.12. The molecular formula is C22H25N3O2. The first kappa shape index (κ1) is 18.7. The molecule has 1 aromatic heterocycles. The van der Waals surface area contributed by atoms with Gasteiger partial charge in [-0.1, -0.05) is 86.6 Å². The number of nitrogens with zero attached hydrogens (tertiary/aromatic N) is 2. The van der Waals surface area contributed by atoms with E-state index < -0.39 is 0 Å². The number of aromatic nitrogens is 1. The lowest BCUT2D eigenvalue weighted by Gasteiger charge is -2.23. The highest BCUT2D eigenvalue weighted by Crippen LogP contribution is 2.24. The van der Waals surface area contributed by atoms with Crippen LogP contribution < -0.4 is 5.32 Å². The molecule has 0 fully saturated rings. The minimum Gasteiger partial charge on any atom is -0.359 e. The molecule has 140 valence electrons. The summed E-state index contributed by atoms with van der Waals surface area (Å²) in [4.78, 5) is 14.7. The highest BCUT2D eigenvalue weighted by atomic mass is 16.5. The summed E-state index contributed by atoms with van der Waals surface area (Å²) < 4.78 is 5.36. The van der Waals surface area contributed by atoms with Crippen molar-refractivity contribution in [1.29, 1.82) is 0 Å². The molecule has 0 atom stereocenters. The first-order valence-electron chi connectivity index (χ1n) is 9.03. The Morgan fingerprint density at radius 2 is 1.48 bits per heavy atom. The third-order valence-electron chi connectivity index (χ3n) is 4.20. The van der Waals surface area contributed by atoms with Crippen LogP contribution in [0.1, 0.15) is 37.7 Å². The van der Waals surface area contributed by atoms with E-state index in [0.29, 0.717) is 18.9 Å². The Balaban J connectivity index is 1.76. The highest BCUT2D eigenvalue weighted by molar-refractivity contribution is 5.88. The predicted molar refractivity (Wildman–Crippen MR) is 106 cm³/mol. The maximum absolute atomic E-state index is 12.9. The van der Waals surface area contributed by atoms with E-state index >= 15 is 0 Å². The molecule has 2 amide bonds. The topological polar surface area (TPSA) is 58.4 Å². The van der Waals surface area contributed by atoms with E-state index in [2.05, 4.69) is 10.5 Å². The van der Waals surface area contributed by atoms with E-state index in [1.54, 1.807) is 11.0 Å². The third kappa shape index (κ3) is 5.20. The first-order chi connectivity index (χ1) is 12.9. The summed E-state index contributed by atoms with van der Waals surface area (Å²) >= 11 is 0. The number of hydrogen-bond donors (Lipinski definition) is 1. The van der Waals surface area contributed by atoms with Crippen LogP contribution in [0.3, 0.4) is 0 Å². The third-order valence-corrected chi connectivity index (χ3v) is 4.20. The predicted octanol–water partition coefficient (Wildman–Crippen LogP) is 5.21. The van der Waals surface area contributed by atoms with Crippen molar-refractivity contribution in [3.8, 4) is 0 Å². The van der Waals surface area contributed by atoms with E-state index in [0.717, 1.165) is 16.9 Å². The molecule has 0 unspecified atom stereocenters. The van der Waals surface area contributed by atoms with Crippen LogP contribution in [0.25, 0.3) is 0 Å². The molecule has 3 aromatic rings. The fourth-order valence-electron chi connectivity index (χ4n) is 2.68. The fraction of sp³-hybridized carbons (Fsp3) is 0.273. The van der Waals surface area contributed by atoms with Crippen molar-refractivity contribution in [2.45, 2.75) is 39.3 Å². The molecule has 0 aliphatic heterocycles. The summed E-state index contributed by atoms with van der Waals surface area (Å²) in [6.07, 6.45) is 0. The van der Waals surface area contributed by atoms with Crippen LogP contribution in [0.2, 0.25) is 0 Å². The van der Waals surface area contributed by atoms with Gasteiger partial charge in [-0.05, 0) is 11.1 Å². The number of amides is 2. The van der Waals surface area contributed by atoms with Crippen molar-refractivity contribution in [3.05, 3.63) is 83.6 Å². The second kappa shape index (κ2) is 8.08. The highest BCUT2D eigenvalue weighted by Gasteiger charge is 2.22. The summed E-state index contributed by atoms with van der Waals surface area (Å²) in [5, 5.41) is 6.84. The molecule has 0 saturated carbocycles. The number of anilines is 1. The first-order valence-corrected chi connectivity index (χ1v) is 9.03. The molecule has 5 heteroatoms. The van der Waals surface area contributed by atoms with Crippen LogP contribution >= 0.6 is 0 Å². The molecule has 0 radical (unpaired) electrons. The van der Waals surface area contributed by atoms with E-state index in [1.165, 1.54) is 0 Å². The van der Waals surface area contributed by atoms with E-state index in [-0.39, 0.29) is 11.4 Å². The minimum atomic E-state index is -0.212. The zero-order chi connectivity index (χ0) is 19.3. The van der Waals surface area contributed by atoms with Crippen molar-refractivity contribution >= 4 is 11.8 Å². The number of rotatable bonds is 5. The van der Waals surface area contributed by atoms with Crippen LogP contribution in [0.4, 0.5) is 10.6 Å². The Labute approximate surface area is 160 Å². The van der Waals surface area contributed by atoms with Crippen LogP contribution in [0.5, 0.6) is 0 Å². The van der Waals surface area contributed by atoms with E-state index in [4.69, 9.17) is 4.52 Å². The zero-order valence-electron chi connectivity index (χ0n) is 16.0. The van der Waals surface area contributed by atoms with Gasteiger partial charge >= 0.3 is 6.03 Å². The van der Waals surface area contributed by atoms with Gasteiger partial charge in [0.05, 0.1) is 0 Å². The van der Waals surface area contributed by atoms with Crippen LogP contribution in [0, 0.1) is 0 Å². The summed E-state index contributed by atoms with van der Waals surface area (Å²) in [7, 11) is 0. The molecule has 0 aliphatic rings. The van der Waals surface area contributed by atoms with Crippen molar-refractivity contribution in [1.82, 2.24) is 10.1 Å². The Hall–Kier alpha value is -3.08. The minimum absolute atomic E-state index is 0.163. The molecule has 3 rings (SSSR count). The maximum Gasteiger partial charge on any atom is 0.323 e. The largest absolute Gasteiger partial charge is 0.359 e. The summed E-state index contributed by atoms with van der Waals surface area (Å²) in [6.45, 7) is 7.12. The van der Waals surface area contributed by atoms with Crippen molar-refractivity contribution in [3.63, 3.8) is 0 Å². The van der Waals surface area contributed by atoms with Gasteiger partial charge in [0.25, 0.3) is 0 Å². The monoisotopic (exact) mass is 363 g/mol. The molecule has 0 aliphatic carbocycles. The second-order valence-electron chi connectivity index (χ2n) is 7.58. The second-order valence-corrected chi connectivity index (χ2v) is 7.58. The number of carbonyl (C=O) groups is 1. The van der Waals surface area contributed by atoms with Crippen LogP contribution in [-0.4, -0.2) is 16.1 Å². The van der Waals surface area contributed by atoms with Crippen molar-refractivity contribution < 1.29 is 9.32 Å². The fourth-order valence-corrected chi connectivity index (χ4v) is 2.68. The van der Waals surface area contributed by atoms with Crippen molar-refractivity contribution in [2.24, 2.45) is 0 Å². The van der Waals surface area contributed by atoms with Gasteiger partial charge in [0.1, 0.15) is 5.76 Å². The number of urea groups is 1. The number of hydrogen-bond acceptors (Lipinski definition) is 3. The van der Waals surface area contributed by atoms with Gasteiger partial charge in [-0.3, -0.25) is 5.32 Å². The van der Waals surface area contributed by atoms with Gasteiger partial charge in [0.15, 0.2) is 5.82 Å². The van der Waals surface area contributed by atoms with Gasteiger partial charge in [-0.2, -0.15) is 0 Å². The van der Waals surface area contributed by atoms with Gasteiger partial charge in [-0.15, -0.1) is 0 Å². The van der Waals surface area contributed by atoms with Gasteiger partial charge in [0.2, 0.25) is 0 Å². The van der Waals surface area contributed by atoms with Crippen LogP contribution in [-0.2, 0) is 18.5 Å². The molecule has 1 N–H and O–H groups in total. The average molecular weight is 363 g/mol. The van der Waals surface area contributed by atoms with Gasteiger partial charge < -0.3 is 9.42 Å². The summed E-state index contributed by atoms with van der Waals surface area (Å²) in [5.74, 6) is 1.16. The van der Waals surface area contributed by atoms with Crippen molar-refractivity contribution in [2.75, 3.05) is 5.32 Å². The van der Waals surface area contributed by atoms with E-state index in [9.17, 15) is 4.79 Å². The Morgan fingerprint density at radius 1 is 0.963 bits per heavy atom. The molecule has 27 heavy (non-hydrogen) atoms. The lowest BCUT2D eigenvalue weighted by molar-refractivity contribution is 0.206. The van der Waals surface area contributed by atoms with Crippen LogP contribution in [0.15, 0.2) is 71.3 Å². The van der Waals surface area contributed by atoms with Gasteiger partial charge in [-0.25, -0.2) is 4.79 Å². The quantitative estimate of drug-likeness (QED) is 0.677. The smallest absolute Gasteiger partial charge is 0.323 e. The number of nitrogens with one attached hydrogen (secondary N) is 1. The molecule has 5 nitrogen and oxygen atoms in total. The van der Waals surface area contributed by atoms with E-state index in [1.807, 2.05) is 81.4 Å². The molecule has 1 heterocycles. The molecule has 0 bridgehead atoms. The Kier molecular flexibility index (Phi) is 5.60. The molecular weight excluding hydrogens is 338 g/mol. The molecule has 0 saturated heterocycles. The zero-order valence-corrected chi connectivity index (χ0v) is 16.0. The standard InChI is InChI=1S/C22H25N3O2/c1-22(2,3)19-14-20(24-27-19)23-21(26)25(15-17-10-6-4-7-11-17)16-18-12-8-5-9-13-18/h4-14H,15-16H2,1-3H3,(H,23,24,26). The number of benzene rings is 2. The Morgan fingerprint density at radius 3 is 1.93 bits per heavy atom. The number of carbonyl (C=O) groups excluding carboxylic acids is 1. The lowest BCUT2D eigenvalue weighted by Crippen LogP contribution is -2.34.